The Morgan fingerprint density at radius 3 is 2.72 bits per heavy atom. The lowest BCUT2D eigenvalue weighted by atomic mass is 9.73. The minimum absolute atomic E-state index is 0.104. The highest BCUT2D eigenvalue weighted by Gasteiger charge is 2.39. The number of thiophene rings is 1. The smallest absolute Gasteiger partial charge is 0.289 e. The third-order valence-electron chi connectivity index (χ3n) is 6.34. The maximum Gasteiger partial charge on any atom is 0.289 e. The SMILES string of the molecule is Cc1ccc(CN2CCC3(CCc4nnc(C(=O)NCCN(C)C)n4C3)CC2)s1. The number of carbonyl (C=O) groups excluding carboxylic acids is 1. The monoisotopic (exact) mass is 416 g/mol. The summed E-state index contributed by atoms with van der Waals surface area (Å²) in [5.74, 6) is 1.34. The van der Waals surface area contributed by atoms with Crippen molar-refractivity contribution in [1.29, 1.82) is 0 Å². The van der Waals surface area contributed by atoms with Crippen molar-refractivity contribution >= 4 is 17.2 Å². The standard InChI is InChI=1S/C21H32N6OS/c1-16-4-5-17(29-16)14-26-11-8-21(9-12-26)7-6-18-23-24-19(27(18)15-21)20(28)22-10-13-25(2)3/h4-5H,6-15H2,1-3H3,(H,22,28). The van der Waals surface area contributed by atoms with Crippen molar-refractivity contribution in [2.75, 3.05) is 40.3 Å². The third kappa shape index (κ3) is 4.70. The summed E-state index contributed by atoms with van der Waals surface area (Å²) in [7, 11) is 4.00. The highest BCUT2D eigenvalue weighted by atomic mass is 32.1. The van der Waals surface area contributed by atoms with Crippen LogP contribution < -0.4 is 5.32 Å². The number of rotatable bonds is 6. The first-order valence-electron chi connectivity index (χ1n) is 10.6. The van der Waals surface area contributed by atoms with Gasteiger partial charge in [0, 0.05) is 42.4 Å². The molecule has 0 atom stereocenters. The van der Waals surface area contributed by atoms with Gasteiger partial charge in [-0.25, -0.2) is 0 Å². The van der Waals surface area contributed by atoms with Gasteiger partial charge in [-0.15, -0.1) is 21.5 Å². The first-order valence-corrected chi connectivity index (χ1v) is 11.4. The van der Waals surface area contributed by atoms with Gasteiger partial charge >= 0.3 is 0 Å². The molecule has 1 N–H and O–H groups in total. The number of aromatic nitrogens is 3. The van der Waals surface area contributed by atoms with E-state index in [1.807, 2.05) is 25.4 Å². The Hall–Kier alpha value is -1.77. The van der Waals surface area contributed by atoms with Gasteiger partial charge in [0.1, 0.15) is 5.82 Å². The Bertz CT molecular complexity index is 849. The summed E-state index contributed by atoms with van der Waals surface area (Å²) >= 11 is 1.90. The minimum Gasteiger partial charge on any atom is -0.348 e. The van der Waals surface area contributed by atoms with Crippen molar-refractivity contribution < 1.29 is 4.79 Å². The van der Waals surface area contributed by atoms with Crippen LogP contribution in [0.5, 0.6) is 0 Å². The van der Waals surface area contributed by atoms with Crippen LogP contribution in [0.4, 0.5) is 0 Å². The molecule has 2 aliphatic heterocycles. The second kappa shape index (κ2) is 8.53. The lowest BCUT2D eigenvalue weighted by molar-refractivity contribution is 0.0622. The Balaban J connectivity index is 1.37. The third-order valence-corrected chi connectivity index (χ3v) is 7.33. The van der Waals surface area contributed by atoms with E-state index in [9.17, 15) is 4.79 Å². The second-order valence-corrected chi connectivity index (χ2v) is 10.2. The fourth-order valence-corrected chi connectivity index (χ4v) is 5.43. The van der Waals surface area contributed by atoms with Gasteiger partial charge in [-0.1, -0.05) is 0 Å². The number of amides is 1. The predicted molar refractivity (Wildman–Crippen MR) is 115 cm³/mol. The van der Waals surface area contributed by atoms with Crippen LogP contribution in [0.3, 0.4) is 0 Å². The molecule has 7 nitrogen and oxygen atoms in total. The fourth-order valence-electron chi connectivity index (χ4n) is 4.50. The molecule has 1 amide bonds. The first kappa shape index (κ1) is 20.5. The molecule has 0 unspecified atom stereocenters. The van der Waals surface area contributed by atoms with Crippen LogP contribution in [-0.4, -0.2) is 70.7 Å². The number of likely N-dealkylation sites (N-methyl/N-ethyl adjacent to an activating group) is 1. The fraction of sp³-hybridized carbons (Fsp3) is 0.667. The van der Waals surface area contributed by atoms with Crippen LogP contribution in [0, 0.1) is 12.3 Å². The molecule has 4 rings (SSSR count). The summed E-state index contributed by atoms with van der Waals surface area (Å²) in [6, 6.07) is 4.47. The second-order valence-electron chi connectivity index (χ2n) is 8.87. The maximum atomic E-state index is 12.6. The number of aryl methyl sites for hydroxylation is 2. The predicted octanol–water partition coefficient (Wildman–Crippen LogP) is 2.17. The molecule has 1 saturated heterocycles. The van der Waals surface area contributed by atoms with E-state index in [4.69, 9.17) is 0 Å². The number of piperidine rings is 1. The quantitative estimate of drug-likeness (QED) is 0.782. The molecule has 0 radical (unpaired) electrons. The highest BCUT2D eigenvalue weighted by Crippen LogP contribution is 2.41. The number of hydrogen-bond acceptors (Lipinski definition) is 6. The zero-order valence-corrected chi connectivity index (χ0v) is 18.6. The van der Waals surface area contributed by atoms with E-state index in [1.54, 1.807) is 0 Å². The molecular weight excluding hydrogens is 384 g/mol. The summed E-state index contributed by atoms with van der Waals surface area (Å²) in [4.78, 5) is 20.1. The lowest BCUT2D eigenvalue weighted by Gasteiger charge is -2.44. The summed E-state index contributed by atoms with van der Waals surface area (Å²) in [6.45, 7) is 7.79. The van der Waals surface area contributed by atoms with Crippen LogP contribution in [0.2, 0.25) is 0 Å². The Labute approximate surface area is 177 Å². The van der Waals surface area contributed by atoms with E-state index >= 15 is 0 Å². The molecule has 4 heterocycles. The maximum absolute atomic E-state index is 12.6. The topological polar surface area (TPSA) is 66.3 Å². The number of likely N-dealkylation sites (tertiary alicyclic amines) is 1. The molecule has 2 aliphatic rings. The number of hydrogen-bond donors (Lipinski definition) is 1. The van der Waals surface area contributed by atoms with Gasteiger partial charge in [0.25, 0.3) is 5.91 Å². The molecule has 0 aromatic carbocycles. The molecule has 1 spiro atoms. The molecule has 2 aromatic heterocycles. The van der Waals surface area contributed by atoms with E-state index in [2.05, 4.69) is 48.9 Å². The van der Waals surface area contributed by atoms with Crippen LogP contribution in [0.1, 0.15) is 45.5 Å². The van der Waals surface area contributed by atoms with E-state index in [0.717, 1.165) is 51.4 Å². The van der Waals surface area contributed by atoms with Gasteiger partial charge in [0.15, 0.2) is 0 Å². The molecule has 2 aromatic rings. The van der Waals surface area contributed by atoms with Crippen molar-refractivity contribution in [3.8, 4) is 0 Å². The zero-order chi connectivity index (χ0) is 20.4. The average Bonchev–Trinajstić information content (AvgIpc) is 3.29. The molecule has 8 heteroatoms. The molecule has 0 saturated carbocycles. The van der Waals surface area contributed by atoms with E-state index in [-0.39, 0.29) is 11.3 Å². The van der Waals surface area contributed by atoms with E-state index in [0.29, 0.717) is 12.4 Å². The van der Waals surface area contributed by atoms with Crippen LogP contribution in [-0.2, 0) is 19.5 Å². The van der Waals surface area contributed by atoms with Crippen LogP contribution in [0.25, 0.3) is 0 Å². The Morgan fingerprint density at radius 1 is 1.24 bits per heavy atom. The number of nitrogens with one attached hydrogen (secondary N) is 1. The van der Waals surface area contributed by atoms with E-state index < -0.39 is 0 Å². The molecule has 158 valence electrons. The summed E-state index contributed by atoms with van der Waals surface area (Å²) in [5, 5.41) is 11.5. The largest absolute Gasteiger partial charge is 0.348 e. The summed E-state index contributed by atoms with van der Waals surface area (Å²) in [6.07, 6.45) is 4.43. The highest BCUT2D eigenvalue weighted by molar-refractivity contribution is 7.11. The van der Waals surface area contributed by atoms with Gasteiger partial charge in [-0.2, -0.15) is 0 Å². The van der Waals surface area contributed by atoms with Gasteiger partial charge in [0.05, 0.1) is 0 Å². The van der Waals surface area contributed by atoms with Crippen molar-refractivity contribution in [2.24, 2.45) is 5.41 Å². The number of nitrogens with zero attached hydrogens (tertiary/aromatic N) is 5. The van der Waals surface area contributed by atoms with Crippen LogP contribution in [0.15, 0.2) is 12.1 Å². The zero-order valence-electron chi connectivity index (χ0n) is 17.8. The summed E-state index contributed by atoms with van der Waals surface area (Å²) in [5.41, 5.74) is 0.274. The lowest BCUT2D eigenvalue weighted by Crippen LogP contribution is -2.45. The van der Waals surface area contributed by atoms with Gasteiger partial charge in [-0.3, -0.25) is 9.69 Å². The number of fused-ring (bicyclic) bond motifs is 1. The molecule has 0 aliphatic carbocycles. The van der Waals surface area contributed by atoms with Crippen molar-refractivity contribution in [1.82, 2.24) is 29.9 Å². The number of carbonyl (C=O) groups is 1. The molecule has 0 bridgehead atoms. The average molecular weight is 417 g/mol. The van der Waals surface area contributed by atoms with E-state index in [1.165, 1.54) is 22.6 Å². The molecule has 1 fully saturated rings. The molecule has 29 heavy (non-hydrogen) atoms. The van der Waals surface area contributed by atoms with Gasteiger partial charge in [-0.05, 0) is 70.9 Å². The summed E-state index contributed by atoms with van der Waals surface area (Å²) < 4.78 is 2.09. The molecular formula is C21H32N6OS. The van der Waals surface area contributed by atoms with Crippen molar-refractivity contribution in [3.63, 3.8) is 0 Å². The van der Waals surface area contributed by atoms with Gasteiger partial charge < -0.3 is 14.8 Å². The van der Waals surface area contributed by atoms with Crippen molar-refractivity contribution in [3.05, 3.63) is 33.5 Å². The normalized spacial score (nSPS) is 18.9. The minimum atomic E-state index is -0.104. The van der Waals surface area contributed by atoms with Gasteiger partial charge in [0.2, 0.25) is 5.82 Å². The Morgan fingerprint density at radius 2 is 2.03 bits per heavy atom. The van der Waals surface area contributed by atoms with Crippen LogP contribution >= 0.6 is 11.3 Å². The first-order chi connectivity index (χ1) is 13.9. The Kier molecular flexibility index (Phi) is 6.03. The van der Waals surface area contributed by atoms with Crippen molar-refractivity contribution in [2.45, 2.75) is 45.7 Å².